The number of nitrogens with one attached hydrogen (secondary N) is 1. The number of benzene rings is 1. The number of pyridine rings is 1. The van der Waals surface area contributed by atoms with Crippen LogP contribution in [0.25, 0.3) is 0 Å². The lowest BCUT2D eigenvalue weighted by Crippen LogP contribution is -2.24. The van der Waals surface area contributed by atoms with E-state index in [4.69, 9.17) is 0 Å². The number of halogens is 1. The lowest BCUT2D eigenvalue weighted by molar-refractivity contribution is -0.120. The van der Waals surface area contributed by atoms with Crippen LogP contribution in [0, 0.1) is 5.82 Å². The molecule has 110 valence electrons. The third-order valence-corrected chi connectivity index (χ3v) is 3.01. The van der Waals surface area contributed by atoms with Crippen LogP contribution in [-0.4, -0.2) is 25.0 Å². The minimum atomic E-state index is -0.329. The quantitative estimate of drug-likeness (QED) is 0.916. The summed E-state index contributed by atoms with van der Waals surface area (Å²) < 4.78 is 13.0. The largest absolute Gasteiger partial charge is 0.363 e. The van der Waals surface area contributed by atoms with Crippen LogP contribution >= 0.6 is 0 Å². The molecule has 0 bridgehead atoms. The van der Waals surface area contributed by atoms with E-state index in [-0.39, 0.29) is 18.1 Å². The molecule has 4 nitrogen and oxygen atoms in total. The van der Waals surface area contributed by atoms with Crippen molar-refractivity contribution in [3.05, 3.63) is 59.5 Å². The highest BCUT2D eigenvalue weighted by Crippen LogP contribution is 2.09. The van der Waals surface area contributed by atoms with Crippen LogP contribution in [0.15, 0.2) is 42.6 Å². The second kappa shape index (κ2) is 6.83. The maximum atomic E-state index is 13.0. The predicted molar refractivity (Wildman–Crippen MR) is 80.5 cm³/mol. The molecule has 0 aliphatic carbocycles. The van der Waals surface area contributed by atoms with Crippen LogP contribution in [0.1, 0.15) is 11.1 Å². The van der Waals surface area contributed by atoms with Gasteiger partial charge in [0, 0.05) is 26.8 Å². The smallest absolute Gasteiger partial charge is 0.224 e. The molecule has 0 aliphatic rings. The summed E-state index contributed by atoms with van der Waals surface area (Å²) in [5.74, 6) is 0.376. The zero-order valence-corrected chi connectivity index (χ0v) is 12.1. The number of anilines is 1. The van der Waals surface area contributed by atoms with Crippen LogP contribution < -0.4 is 10.2 Å². The van der Waals surface area contributed by atoms with E-state index in [1.54, 1.807) is 18.3 Å². The summed E-state index contributed by atoms with van der Waals surface area (Å²) in [6.45, 7) is 0.428. The first kappa shape index (κ1) is 15.0. The standard InChI is InChI=1S/C16H18FN3O/c1-20(2)15-9-13(6-7-18-15)11-19-16(21)10-12-4-3-5-14(17)8-12/h3-9H,10-11H2,1-2H3,(H,19,21). The molecule has 0 spiro atoms. The van der Waals surface area contributed by atoms with E-state index < -0.39 is 0 Å². The first-order valence-electron chi connectivity index (χ1n) is 6.68. The number of carbonyl (C=O) groups is 1. The first-order chi connectivity index (χ1) is 10.0. The molecule has 0 radical (unpaired) electrons. The molecular weight excluding hydrogens is 269 g/mol. The highest BCUT2D eigenvalue weighted by atomic mass is 19.1. The molecular formula is C16H18FN3O. The van der Waals surface area contributed by atoms with Crippen LogP contribution in [-0.2, 0) is 17.8 Å². The van der Waals surface area contributed by atoms with Crippen LogP contribution in [0.5, 0.6) is 0 Å². The average Bonchev–Trinajstić information content (AvgIpc) is 2.45. The zero-order valence-electron chi connectivity index (χ0n) is 12.1. The Kier molecular flexibility index (Phi) is 4.87. The van der Waals surface area contributed by atoms with Crippen molar-refractivity contribution >= 4 is 11.7 Å². The monoisotopic (exact) mass is 287 g/mol. The Bertz CT molecular complexity index is 628. The molecule has 21 heavy (non-hydrogen) atoms. The van der Waals surface area contributed by atoms with Crippen molar-refractivity contribution in [2.75, 3.05) is 19.0 Å². The van der Waals surface area contributed by atoms with Gasteiger partial charge < -0.3 is 10.2 Å². The molecule has 1 aromatic carbocycles. The van der Waals surface area contributed by atoms with Crippen molar-refractivity contribution in [1.82, 2.24) is 10.3 Å². The molecule has 1 N–H and O–H groups in total. The van der Waals surface area contributed by atoms with Gasteiger partial charge in [-0.2, -0.15) is 0 Å². The van der Waals surface area contributed by atoms with E-state index in [1.807, 2.05) is 31.1 Å². The molecule has 0 fully saturated rings. The molecule has 5 heteroatoms. The van der Waals surface area contributed by atoms with Gasteiger partial charge in [0.25, 0.3) is 0 Å². The fraction of sp³-hybridized carbons (Fsp3) is 0.250. The molecule has 2 rings (SSSR count). The second-order valence-electron chi connectivity index (χ2n) is 5.00. The van der Waals surface area contributed by atoms with Crippen molar-refractivity contribution in [3.63, 3.8) is 0 Å². The Balaban J connectivity index is 1.90. The van der Waals surface area contributed by atoms with Crippen LogP contribution in [0.4, 0.5) is 10.2 Å². The normalized spacial score (nSPS) is 10.2. The molecule has 0 aliphatic heterocycles. The molecule has 2 aromatic rings. The molecule has 1 heterocycles. The van der Waals surface area contributed by atoms with E-state index in [9.17, 15) is 9.18 Å². The Morgan fingerprint density at radius 2 is 2.05 bits per heavy atom. The van der Waals surface area contributed by atoms with Crippen molar-refractivity contribution in [3.8, 4) is 0 Å². The SMILES string of the molecule is CN(C)c1cc(CNC(=O)Cc2cccc(F)c2)ccn1. The van der Waals surface area contributed by atoms with Gasteiger partial charge in [-0.1, -0.05) is 12.1 Å². The van der Waals surface area contributed by atoms with Gasteiger partial charge in [0.1, 0.15) is 11.6 Å². The summed E-state index contributed by atoms with van der Waals surface area (Å²) in [5.41, 5.74) is 1.64. The fourth-order valence-electron chi connectivity index (χ4n) is 1.91. The van der Waals surface area contributed by atoms with Crippen molar-refractivity contribution in [2.45, 2.75) is 13.0 Å². The van der Waals surface area contributed by atoms with Crippen LogP contribution in [0.2, 0.25) is 0 Å². The van der Waals surface area contributed by atoms with Gasteiger partial charge in [0.15, 0.2) is 0 Å². The van der Waals surface area contributed by atoms with Gasteiger partial charge in [-0.15, -0.1) is 0 Å². The zero-order chi connectivity index (χ0) is 15.2. The van der Waals surface area contributed by atoms with Crippen molar-refractivity contribution in [1.29, 1.82) is 0 Å². The summed E-state index contributed by atoms with van der Waals surface area (Å²) >= 11 is 0. The number of aromatic nitrogens is 1. The number of nitrogens with zero attached hydrogens (tertiary/aromatic N) is 2. The maximum absolute atomic E-state index is 13.0. The van der Waals surface area contributed by atoms with E-state index in [0.717, 1.165) is 11.4 Å². The van der Waals surface area contributed by atoms with Gasteiger partial charge in [0.05, 0.1) is 6.42 Å². The highest BCUT2D eigenvalue weighted by Gasteiger charge is 2.05. The van der Waals surface area contributed by atoms with Gasteiger partial charge >= 0.3 is 0 Å². The molecule has 0 saturated carbocycles. The maximum Gasteiger partial charge on any atom is 0.224 e. The van der Waals surface area contributed by atoms with Gasteiger partial charge in [-0.25, -0.2) is 9.37 Å². The van der Waals surface area contributed by atoms with Crippen molar-refractivity contribution in [2.24, 2.45) is 0 Å². The lowest BCUT2D eigenvalue weighted by atomic mass is 10.1. The minimum Gasteiger partial charge on any atom is -0.363 e. The summed E-state index contributed by atoms with van der Waals surface area (Å²) in [6, 6.07) is 9.85. The molecule has 1 aromatic heterocycles. The second-order valence-corrected chi connectivity index (χ2v) is 5.00. The number of amides is 1. The molecule has 1 amide bonds. The third-order valence-electron chi connectivity index (χ3n) is 3.01. The Hall–Kier alpha value is -2.43. The Morgan fingerprint density at radius 1 is 1.24 bits per heavy atom. The number of hydrogen-bond donors (Lipinski definition) is 1. The summed E-state index contributed by atoms with van der Waals surface area (Å²) in [6.07, 6.45) is 1.88. The van der Waals surface area contributed by atoms with E-state index in [1.165, 1.54) is 12.1 Å². The van der Waals surface area contributed by atoms with Gasteiger partial charge in [0.2, 0.25) is 5.91 Å². The van der Waals surface area contributed by atoms with E-state index in [2.05, 4.69) is 10.3 Å². The minimum absolute atomic E-state index is 0.135. The number of hydrogen-bond acceptors (Lipinski definition) is 3. The Labute approximate surface area is 123 Å². The molecule has 0 unspecified atom stereocenters. The Morgan fingerprint density at radius 3 is 2.76 bits per heavy atom. The number of rotatable bonds is 5. The topological polar surface area (TPSA) is 45.2 Å². The summed E-state index contributed by atoms with van der Waals surface area (Å²) in [5, 5.41) is 2.83. The summed E-state index contributed by atoms with van der Waals surface area (Å²) in [7, 11) is 3.82. The molecule has 0 atom stereocenters. The summed E-state index contributed by atoms with van der Waals surface area (Å²) in [4.78, 5) is 18.0. The average molecular weight is 287 g/mol. The molecule has 0 saturated heterocycles. The number of carbonyl (C=O) groups excluding carboxylic acids is 1. The highest BCUT2D eigenvalue weighted by molar-refractivity contribution is 5.78. The fourth-order valence-corrected chi connectivity index (χ4v) is 1.91. The predicted octanol–water partition coefficient (Wildman–Crippen LogP) is 2.15. The lowest BCUT2D eigenvalue weighted by Gasteiger charge is -2.12. The third kappa shape index (κ3) is 4.56. The van der Waals surface area contributed by atoms with E-state index in [0.29, 0.717) is 12.1 Å². The van der Waals surface area contributed by atoms with Gasteiger partial charge in [-0.3, -0.25) is 4.79 Å². The first-order valence-corrected chi connectivity index (χ1v) is 6.68. The van der Waals surface area contributed by atoms with Crippen LogP contribution in [0.3, 0.4) is 0 Å². The van der Waals surface area contributed by atoms with Crippen molar-refractivity contribution < 1.29 is 9.18 Å². The van der Waals surface area contributed by atoms with E-state index >= 15 is 0 Å². The van der Waals surface area contributed by atoms with Gasteiger partial charge in [-0.05, 0) is 35.4 Å².